The standard InChI is InChI=1S/C14H19F2NOS/c1-2-17-13-5-3-4-6-14(13)19(18)10-7-8-11(15)12(16)9-10/h7-9,13-14,17H,2-6H2,1H3. The molecule has 0 heterocycles. The third kappa shape index (κ3) is 3.39. The van der Waals surface area contributed by atoms with Gasteiger partial charge in [-0.3, -0.25) is 4.21 Å². The van der Waals surface area contributed by atoms with Gasteiger partial charge in [0.2, 0.25) is 0 Å². The number of halogens is 2. The summed E-state index contributed by atoms with van der Waals surface area (Å²) in [7, 11) is -1.29. The fourth-order valence-electron chi connectivity index (χ4n) is 2.63. The lowest BCUT2D eigenvalue weighted by molar-refractivity contribution is 0.385. The molecule has 0 bridgehead atoms. The fourth-order valence-corrected chi connectivity index (χ4v) is 4.31. The molecule has 1 aromatic carbocycles. The number of hydrogen-bond acceptors (Lipinski definition) is 2. The van der Waals surface area contributed by atoms with Gasteiger partial charge in [0.1, 0.15) is 0 Å². The second-order valence-corrected chi connectivity index (χ2v) is 6.53. The Hall–Kier alpha value is -0.810. The molecule has 0 spiro atoms. The van der Waals surface area contributed by atoms with Gasteiger partial charge in [-0.15, -0.1) is 0 Å². The van der Waals surface area contributed by atoms with Gasteiger partial charge in [0, 0.05) is 10.9 Å². The maximum absolute atomic E-state index is 13.2. The van der Waals surface area contributed by atoms with Gasteiger partial charge in [-0.05, 0) is 37.6 Å². The molecule has 3 unspecified atom stereocenters. The van der Waals surface area contributed by atoms with Gasteiger partial charge < -0.3 is 5.32 Å². The summed E-state index contributed by atoms with van der Waals surface area (Å²) in [5, 5.41) is 3.34. The maximum Gasteiger partial charge on any atom is 0.160 e. The quantitative estimate of drug-likeness (QED) is 0.922. The average molecular weight is 287 g/mol. The molecule has 2 rings (SSSR count). The van der Waals surface area contributed by atoms with Crippen molar-refractivity contribution in [2.45, 2.75) is 48.8 Å². The zero-order valence-corrected chi connectivity index (χ0v) is 11.8. The van der Waals surface area contributed by atoms with Crippen molar-refractivity contribution in [3.8, 4) is 0 Å². The Kier molecular flexibility index (Phi) is 5.05. The van der Waals surface area contributed by atoms with E-state index in [4.69, 9.17) is 0 Å². The first-order valence-electron chi connectivity index (χ1n) is 6.72. The summed E-state index contributed by atoms with van der Waals surface area (Å²) in [5.74, 6) is -1.82. The molecule has 5 heteroatoms. The normalized spacial score (nSPS) is 25.2. The Labute approximate surface area is 115 Å². The lowest BCUT2D eigenvalue weighted by Crippen LogP contribution is -2.44. The van der Waals surface area contributed by atoms with Crippen molar-refractivity contribution >= 4 is 10.8 Å². The van der Waals surface area contributed by atoms with E-state index in [2.05, 4.69) is 5.32 Å². The summed E-state index contributed by atoms with van der Waals surface area (Å²) >= 11 is 0. The van der Waals surface area contributed by atoms with E-state index in [9.17, 15) is 13.0 Å². The van der Waals surface area contributed by atoms with Gasteiger partial charge in [0.05, 0.1) is 16.0 Å². The van der Waals surface area contributed by atoms with Crippen LogP contribution in [0.2, 0.25) is 0 Å². The molecule has 0 saturated heterocycles. The van der Waals surface area contributed by atoms with Gasteiger partial charge >= 0.3 is 0 Å². The molecule has 0 aliphatic heterocycles. The van der Waals surface area contributed by atoms with Crippen LogP contribution in [0.25, 0.3) is 0 Å². The van der Waals surface area contributed by atoms with E-state index in [0.717, 1.165) is 44.4 Å². The summed E-state index contributed by atoms with van der Waals surface area (Å²) in [6, 6.07) is 3.73. The van der Waals surface area contributed by atoms with Crippen LogP contribution < -0.4 is 5.32 Å². The molecule has 1 aromatic rings. The minimum atomic E-state index is -1.29. The topological polar surface area (TPSA) is 29.1 Å². The monoisotopic (exact) mass is 287 g/mol. The van der Waals surface area contributed by atoms with Crippen molar-refractivity contribution in [3.63, 3.8) is 0 Å². The minimum absolute atomic E-state index is 0.0152. The SMILES string of the molecule is CCNC1CCCCC1S(=O)c1ccc(F)c(F)c1. The first kappa shape index (κ1) is 14.6. The number of benzene rings is 1. The van der Waals surface area contributed by atoms with Crippen LogP contribution in [0.5, 0.6) is 0 Å². The summed E-state index contributed by atoms with van der Waals surface area (Å²) in [6.07, 6.45) is 4.03. The van der Waals surface area contributed by atoms with E-state index in [0.29, 0.717) is 4.90 Å². The first-order valence-corrected chi connectivity index (χ1v) is 7.93. The number of rotatable bonds is 4. The van der Waals surface area contributed by atoms with Crippen LogP contribution in [0.3, 0.4) is 0 Å². The largest absolute Gasteiger partial charge is 0.313 e. The predicted molar refractivity (Wildman–Crippen MR) is 72.5 cm³/mol. The zero-order chi connectivity index (χ0) is 13.8. The molecule has 0 amide bonds. The van der Waals surface area contributed by atoms with Crippen molar-refractivity contribution in [3.05, 3.63) is 29.8 Å². The zero-order valence-electron chi connectivity index (χ0n) is 11.0. The second-order valence-electron chi connectivity index (χ2n) is 4.86. The molecule has 106 valence electrons. The van der Waals surface area contributed by atoms with Crippen molar-refractivity contribution in [2.24, 2.45) is 0 Å². The van der Waals surface area contributed by atoms with Gasteiger partial charge in [-0.25, -0.2) is 8.78 Å². The summed E-state index contributed by atoms with van der Waals surface area (Å²) in [5.41, 5.74) is 0. The Morgan fingerprint density at radius 1 is 1.26 bits per heavy atom. The second kappa shape index (κ2) is 6.57. The maximum atomic E-state index is 13.2. The summed E-state index contributed by atoms with van der Waals surface area (Å²) < 4.78 is 38.7. The van der Waals surface area contributed by atoms with Gasteiger partial charge in [-0.2, -0.15) is 0 Å². The molecule has 3 atom stereocenters. The molecule has 1 fully saturated rings. The van der Waals surface area contributed by atoms with E-state index in [1.165, 1.54) is 6.07 Å². The molecular formula is C14H19F2NOS. The van der Waals surface area contributed by atoms with Gasteiger partial charge in [0.25, 0.3) is 0 Å². The molecule has 1 saturated carbocycles. The van der Waals surface area contributed by atoms with E-state index < -0.39 is 22.4 Å². The van der Waals surface area contributed by atoms with E-state index in [-0.39, 0.29) is 11.3 Å². The van der Waals surface area contributed by atoms with Crippen LogP contribution in [0.1, 0.15) is 32.6 Å². The van der Waals surface area contributed by atoms with Crippen LogP contribution in [0, 0.1) is 11.6 Å². The molecule has 0 radical (unpaired) electrons. The smallest absolute Gasteiger partial charge is 0.160 e. The van der Waals surface area contributed by atoms with Gasteiger partial charge in [0.15, 0.2) is 11.6 Å². The van der Waals surface area contributed by atoms with Crippen LogP contribution >= 0.6 is 0 Å². The van der Waals surface area contributed by atoms with Crippen molar-refractivity contribution in [1.82, 2.24) is 5.32 Å². The molecule has 0 aromatic heterocycles. The van der Waals surface area contributed by atoms with E-state index in [1.807, 2.05) is 6.92 Å². The Morgan fingerprint density at radius 2 is 2.00 bits per heavy atom. The predicted octanol–water partition coefficient (Wildman–Crippen LogP) is 2.99. The summed E-state index contributed by atoms with van der Waals surface area (Å²) in [4.78, 5) is 0.383. The van der Waals surface area contributed by atoms with Crippen LogP contribution in [-0.4, -0.2) is 22.0 Å². The Balaban J connectivity index is 2.18. The number of nitrogens with one attached hydrogen (secondary N) is 1. The molecule has 2 nitrogen and oxygen atoms in total. The Bertz CT molecular complexity index is 465. The average Bonchev–Trinajstić information content (AvgIpc) is 2.42. The van der Waals surface area contributed by atoms with Crippen LogP contribution in [-0.2, 0) is 10.8 Å². The first-order chi connectivity index (χ1) is 9.13. The van der Waals surface area contributed by atoms with E-state index >= 15 is 0 Å². The third-order valence-electron chi connectivity index (χ3n) is 3.57. The van der Waals surface area contributed by atoms with Crippen molar-refractivity contribution < 1.29 is 13.0 Å². The highest BCUT2D eigenvalue weighted by atomic mass is 32.2. The van der Waals surface area contributed by atoms with Crippen LogP contribution in [0.15, 0.2) is 23.1 Å². The third-order valence-corrected chi connectivity index (χ3v) is 5.40. The highest BCUT2D eigenvalue weighted by Gasteiger charge is 2.30. The molecule has 1 N–H and O–H groups in total. The number of hydrogen-bond donors (Lipinski definition) is 1. The van der Waals surface area contributed by atoms with Crippen molar-refractivity contribution in [2.75, 3.05) is 6.54 Å². The van der Waals surface area contributed by atoms with Crippen LogP contribution in [0.4, 0.5) is 8.78 Å². The lowest BCUT2D eigenvalue weighted by Gasteiger charge is -2.31. The molecular weight excluding hydrogens is 268 g/mol. The highest BCUT2D eigenvalue weighted by molar-refractivity contribution is 7.85. The minimum Gasteiger partial charge on any atom is -0.313 e. The fraction of sp³-hybridized carbons (Fsp3) is 0.571. The Morgan fingerprint density at radius 3 is 2.68 bits per heavy atom. The lowest BCUT2D eigenvalue weighted by atomic mass is 9.95. The van der Waals surface area contributed by atoms with Crippen molar-refractivity contribution in [1.29, 1.82) is 0 Å². The van der Waals surface area contributed by atoms with E-state index in [1.54, 1.807) is 0 Å². The molecule has 1 aliphatic rings. The molecule has 19 heavy (non-hydrogen) atoms. The summed E-state index contributed by atoms with van der Waals surface area (Å²) in [6.45, 7) is 2.85. The highest BCUT2D eigenvalue weighted by Crippen LogP contribution is 2.27. The van der Waals surface area contributed by atoms with Gasteiger partial charge in [-0.1, -0.05) is 19.8 Å². The molecule has 1 aliphatic carbocycles.